The molecule has 1 rings (SSSR count). The number of carbonyl (C=O) groups excluding carboxylic acids is 2. The molecule has 0 radical (unpaired) electrons. The fourth-order valence-corrected chi connectivity index (χ4v) is 2.09. The minimum Gasteiger partial charge on any atom is -0.348 e. The van der Waals surface area contributed by atoms with E-state index >= 15 is 0 Å². The number of rotatable bonds is 4. The summed E-state index contributed by atoms with van der Waals surface area (Å²) in [5.74, 6) is 0.133. The number of amides is 2. The SMILES string of the molecule is CCC(N)C(=O)N1CCCN(CC(=O)N(C)C)CC1. The molecule has 2 N–H and O–H groups in total. The van der Waals surface area contributed by atoms with Crippen LogP contribution in [-0.4, -0.2) is 79.4 Å². The van der Waals surface area contributed by atoms with E-state index < -0.39 is 6.04 Å². The molecule has 1 aliphatic rings. The number of carbonyl (C=O) groups is 2. The quantitative estimate of drug-likeness (QED) is 0.737. The lowest BCUT2D eigenvalue weighted by molar-refractivity contribution is -0.132. The molecule has 0 aromatic heterocycles. The smallest absolute Gasteiger partial charge is 0.239 e. The van der Waals surface area contributed by atoms with Gasteiger partial charge in [-0.15, -0.1) is 0 Å². The van der Waals surface area contributed by atoms with E-state index in [1.165, 1.54) is 0 Å². The van der Waals surface area contributed by atoms with Crippen LogP contribution in [0.5, 0.6) is 0 Å². The van der Waals surface area contributed by atoms with Gasteiger partial charge in [-0.2, -0.15) is 0 Å². The first-order valence-electron chi connectivity index (χ1n) is 6.92. The third-order valence-electron chi connectivity index (χ3n) is 3.51. The van der Waals surface area contributed by atoms with Crippen LogP contribution in [0.1, 0.15) is 19.8 Å². The topological polar surface area (TPSA) is 69.9 Å². The van der Waals surface area contributed by atoms with Crippen molar-refractivity contribution in [3.63, 3.8) is 0 Å². The van der Waals surface area contributed by atoms with Crippen LogP contribution >= 0.6 is 0 Å². The zero-order chi connectivity index (χ0) is 14.4. The van der Waals surface area contributed by atoms with Crippen molar-refractivity contribution in [3.8, 4) is 0 Å². The van der Waals surface area contributed by atoms with Gasteiger partial charge in [0.05, 0.1) is 12.6 Å². The highest BCUT2D eigenvalue weighted by Gasteiger charge is 2.23. The summed E-state index contributed by atoms with van der Waals surface area (Å²) in [5, 5.41) is 0. The first-order chi connectivity index (χ1) is 8.95. The van der Waals surface area contributed by atoms with Gasteiger partial charge in [0.15, 0.2) is 0 Å². The third-order valence-corrected chi connectivity index (χ3v) is 3.51. The second kappa shape index (κ2) is 7.45. The maximum atomic E-state index is 12.0. The Labute approximate surface area is 115 Å². The molecular formula is C13H26N4O2. The Balaban J connectivity index is 2.47. The van der Waals surface area contributed by atoms with Crippen molar-refractivity contribution in [1.82, 2.24) is 14.7 Å². The molecule has 0 aromatic rings. The lowest BCUT2D eigenvalue weighted by Crippen LogP contribution is -2.45. The second-order valence-corrected chi connectivity index (χ2v) is 5.26. The minimum atomic E-state index is -0.394. The highest BCUT2D eigenvalue weighted by atomic mass is 16.2. The highest BCUT2D eigenvalue weighted by molar-refractivity contribution is 5.81. The van der Waals surface area contributed by atoms with E-state index in [1.807, 2.05) is 11.8 Å². The van der Waals surface area contributed by atoms with Crippen LogP contribution in [0.4, 0.5) is 0 Å². The second-order valence-electron chi connectivity index (χ2n) is 5.26. The molecule has 110 valence electrons. The molecule has 0 saturated carbocycles. The molecule has 0 aliphatic carbocycles. The average molecular weight is 270 g/mol. The molecule has 0 spiro atoms. The predicted molar refractivity (Wildman–Crippen MR) is 74.6 cm³/mol. The number of nitrogens with two attached hydrogens (primary N) is 1. The largest absolute Gasteiger partial charge is 0.348 e. The molecule has 1 fully saturated rings. The summed E-state index contributed by atoms with van der Waals surface area (Å²) in [5.41, 5.74) is 5.79. The normalized spacial score (nSPS) is 18.8. The Morgan fingerprint density at radius 2 is 1.89 bits per heavy atom. The van der Waals surface area contributed by atoms with Crippen LogP contribution in [0, 0.1) is 0 Å². The van der Waals surface area contributed by atoms with Crippen molar-refractivity contribution in [2.45, 2.75) is 25.8 Å². The van der Waals surface area contributed by atoms with E-state index in [-0.39, 0.29) is 11.8 Å². The Morgan fingerprint density at radius 3 is 2.47 bits per heavy atom. The molecule has 6 heteroatoms. The highest BCUT2D eigenvalue weighted by Crippen LogP contribution is 2.06. The zero-order valence-corrected chi connectivity index (χ0v) is 12.3. The van der Waals surface area contributed by atoms with Crippen LogP contribution in [0.3, 0.4) is 0 Å². The molecule has 1 atom stereocenters. The Kier molecular flexibility index (Phi) is 6.24. The van der Waals surface area contributed by atoms with E-state index in [9.17, 15) is 9.59 Å². The molecule has 1 unspecified atom stereocenters. The molecule has 0 bridgehead atoms. The van der Waals surface area contributed by atoms with E-state index in [0.717, 1.165) is 26.1 Å². The summed E-state index contributed by atoms with van der Waals surface area (Å²) >= 11 is 0. The molecule has 1 heterocycles. The van der Waals surface area contributed by atoms with Crippen LogP contribution in [-0.2, 0) is 9.59 Å². The van der Waals surface area contributed by atoms with Gasteiger partial charge in [0.2, 0.25) is 11.8 Å². The van der Waals surface area contributed by atoms with Crippen LogP contribution < -0.4 is 5.73 Å². The van der Waals surface area contributed by atoms with Crippen molar-refractivity contribution >= 4 is 11.8 Å². The van der Waals surface area contributed by atoms with Crippen molar-refractivity contribution in [3.05, 3.63) is 0 Å². The monoisotopic (exact) mass is 270 g/mol. The van der Waals surface area contributed by atoms with Gasteiger partial charge in [-0.05, 0) is 12.8 Å². The number of likely N-dealkylation sites (N-methyl/N-ethyl adjacent to an activating group) is 1. The first-order valence-corrected chi connectivity index (χ1v) is 6.92. The molecule has 19 heavy (non-hydrogen) atoms. The van der Waals surface area contributed by atoms with Crippen molar-refractivity contribution in [2.75, 3.05) is 46.8 Å². The number of hydrogen-bond acceptors (Lipinski definition) is 4. The Bertz CT molecular complexity index is 320. The molecule has 1 saturated heterocycles. The van der Waals surface area contributed by atoms with Gasteiger partial charge < -0.3 is 15.5 Å². The predicted octanol–water partition coefficient (Wildman–Crippen LogP) is -0.654. The zero-order valence-electron chi connectivity index (χ0n) is 12.3. The molecular weight excluding hydrogens is 244 g/mol. The summed E-state index contributed by atoms with van der Waals surface area (Å²) in [7, 11) is 3.52. The van der Waals surface area contributed by atoms with E-state index in [2.05, 4.69) is 4.90 Å². The fourth-order valence-electron chi connectivity index (χ4n) is 2.09. The minimum absolute atomic E-state index is 0.0308. The van der Waals surface area contributed by atoms with Crippen LogP contribution in [0.15, 0.2) is 0 Å². The summed E-state index contributed by atoms with van der Waals surface area (Å²) in [6, 6.07) is -0.394. The number of nitrogens with zero attached hydrogens (tertiary/aromatic N) is 3. The first kappa shape index (κ1) is 15.9. The molecule has 0 aromatic carbocycles. The van der Waals surface area contributed by atoms with Gasteiger partial charge in [0.1, 0.15) is 0 Å². The van der Waals surface area contributed by atoms with Gasteiger partial charge in [-0.1, -0.05) is 6.92 Å². The fraction of sp³-hybridized carbons (Fsp3) is 0.846. The Morgan fingerprint density at radius 1 is 1.21 bits per heavy atom. The van der Waals surface area contributed by atoms with E-state index in [1.54, 1.807) is 19.0 Å². The number of hydrogen-bond donors (Lipinski definition) is 1. The van der Waals surface area contributed by atoms with Gasteiger partial charge in [0.25, 0.3) is 0 Å². The maximum Gasteiger partial charge on any atom is 0.239 e. The summed E-state index contributed by atoms with van der Waals surface area (Å²) in [6.45, 7) is 5.33. The summed E-state index contributed by atoms with van der Waals surface area (Å²) in [4.78, 5) is 29.2. The maximum absolute atomic E-state index is 12.0. The van der Waals surface area contributed by atoms with E-state index in [4.69, 9.17) is 5.73 Å². The van der Waals surface area contributed by atoms with Crippen molar-refractivity contribution in [1.29, 1.82) is 0 Å². The summed E-state index contributed by atoms with van der Waals surface area (Å²) in [6.07, 6.45) is 1.56. The average Bonchev–Trinajstić information content (AvgIpc) is 2.62. The van der Waals surface area contributed by atoms with Crippen molar-refractivity contribution < 1.29 is 9.59 Å². The third kappa shape index (κ3) is 4.80. The van der Waals surface area contributed by atoms with Gasteiger partial charge in [-0.3, -0.25) is 14.5 Å². The Hall–Kier alpha value is -1.14. The lowest BCUT2D eigenvalue weighted by atomic mass is 10.2. The standard InChI is InChI=1S/C13H26N4O2/c1-4-11(14)13(19)17-7-5-6-16(8-9-17)10-12(18)15(2)3/h11H,4-10,14H2,1-3H3. The van der Waals surface area contributed by atoms with Gasteiger partial charge >= 0.3 is 0 Å². The van der Waals surface area contributed by atoms with Crippen molar-refractivity contribution in [2.24, 2.45) is 5.73 Å². The van der Waals surface area contributed by atoms with Crippen LogP contribution in [0.2, 0.25) is 0 Å². The lowest BCUT2D eigenvalue weighted by Gasteiger charge is -2.24. The van der Waals surface area contributed by atoms with Gasteiger partial charge in [-0.25, -0.2) is 0 Å². The molecule has 2 amide bonds. The molecule has 6 nitrogen and oxygen atoms in total. The van der Waals surface area contributed by atoms with Gasteiger partial charge in [0, 0.05) is 40.3 Å². The van der Waals surface area contributed by atoms with E-state index in [0.29, 0.717) is 19.5 Å². The van der Waals surface area contributed by atoms with Crippen LogP contribution in [0.25, 0.3) is 0 Å². The molecule has 1 aliphatic heterocycles. The summed E-state index contributed by atoms with van der Waals surface area (Å²) < 4.78 is 0.